The monoisotopic (exact) mass is 456 g/mol. The predicted molar refractivity (Wildman–Crippen MR) is 126 cm³/mol. The third-order valence-corrected chi connectivity index (χ3v) is 4.59. The SMILES string of the molecule is C=C(C)Cc1nccc(N(Cc2ccc(OC)cc2OC)C(=O)OC(C)(C)C)c1C(=O)OC. The van der Waals surface area contributed by atoms with E-state index in [1.165, 1.54) is 19.1 Å². The molecular weight excluding hydrogens is 424 g/mol. The van der Waals surface area contributed by atoms with E-state index in [1.807, 2.05) is 6.92 Å². The third-order valence-electron chi connectivity index (χ3n) is 4.59. The third kappa shape index (κ3) is 6.71. The Balaban J connectivity index is 2.68. The van der Waals surface area contributed by atoms with Crippen LogP contribution in [0.2, 0.25) is 0 Å². The van der Waals surface area contributed by atoms with Crippen LogP contribution in [-0.4, -0.2) is 44.0 Å². The van der Waals surface area contributed by atoms with Crippen molar-refractivity contribution in [3.63, 3.8) is 0 Å². The predicted octanol–water partition coefficient (Wildman–Crippen LogP) is 4.95. The van der Waals surface area contributed by atoms with E-state index in [2.05, 4.69) is 11.6 Å². The summed E-state index contributed by atoms with van der Waals surface area (Å²) in [7, 11) is 4.38. The molecule has 0 aliphatic carbocycles. The topological polar surface area (TPSA) is 87.2 Å². The van der Waals surface area contributed by atoms with E-state index < -0.39 is 17.7 Å². The van der Waals surface area contributed by atoms with Gasteiger partial charge in [0.15, 0.2) is 0 Å². The number of esters is 1. The molecule has 2 rings (SSSR count). The number of hydrogen-bond acceptors (Lipinski definition) is 7. The molecule has 0 atom stereocenters. The van der Waals surface area contributed by atoms with Crippen molar-refractivity contribution in [1.29, 1.82) is 0 Å². The minimum absolute atomic E-state index is 0.0720. The summed E-state index contributed by atoms with van der Waals surface area (Å²) in [6, 6.07) is 6.88. The van der Waals surface area contributed by atoms with Crippen LogP contribution >= 0.6 is 0 Å². The van der Waals surface area contributed by atoms with Crippen LogP contribution in [0.1, 0.15) is 49.3 Å². The molecule has 0 unspecified atom stereocenters. The first-order chi connectivity index (χ1) is 15.5. The minimum atomic E-state index is -0.752. The number of methoxy groups -OCH3 is 3. The molecule has 33 heavy (non-hydrogen) atoms. The maximum absolute atomic E-state index is 13.3. The van der Waals surface area contributed by atoms with E-state index in [4.69, 9.17) is 18.9 Å². The number of ether oxygens (including phenoxy) is 4. The first kappa shape index (κ1) is 25.7. The van der Waals surface area contributed by atoms with Crippen LogP contribution in [0.5, 0.6) is 11.5 Å². The number of carbonyl (C=O) groups is 2. The van der Waals surface area contributed by atoms with Crippen LogP contribution in [0.15, 0.2) is 42.6 Å². The molecule has 0 bridgehead atoms. The van der Waals surface area contributed by atoms with Crippen LogP contribution < -0.4 is 14.4 Å². The molecule has 0 saturated carbocycles. The van der Waals surface area contributed by atoms with Crippen molar-refractivity contribution >= 4 is 17.7 Å². The van der Waals surface area contributed by atoms with Gasteiger partial charge in [-0.2, -0.15) is 0 Å². The van der Waals surface area contributed by atoms with E-state index in [1.54, 1.807) is 58.3 Å². The van der Waals surface area contributed by atoms with Gasteiger partial charge in [0.05, 0.1) is 39.3 Å². The Kier molecular flexibility index (Phi) is 8.45. The Labute approximate surface area is 195 Å². The molecule has 178 valence electrons. The maximum atomic E-state index is 13.3. The van der Waals surface area contributed by atoms with E-state index in [9.17, 15) is 9.59 Å². The lowest BCUT2D eigenvalue weighted by Gasteiger charge is -2.29. The van der Waals surface area contributed by atoms with Crippen molar-refractivity contribution in [2.24, 2.45) is 0 Å². The normalized spacial score (nSPS) is 10.9. The summed E-state index contributed by atoms with van der Waals surface area (Å²) in [4.78, 5) is 31.9. The summed E-state index contributed by atoms with van der Waals surface area (Å²) in [5.74, 6) is 0.533. The number of aromatic nitrogens is 1. The van der Waals surface area contributed by atoms with Gasteiger partial charge in [-0.1, -0.05) is 12.2 Å². The van der Waals surface area contributed by atoms with Crippen LogP contribution in [0.3, 0.4) is 0 Å². The molecule has 0 saturated heterocycles. The summed E-state index contributed by atoms with van der Waals surface area (Å²) in [5, 5.41) is 0. The Bertz CT molecular complexity index is 1030. The molecule has 0 radical (unpaired) electrons. The van der Waals surface area contributed by atoms with E-state index in [0.717, 1.165) is 5.57 Å². The number of benzene rings is 1. The van der Waals surface area contributed by atoms with Crippen molar-refractivity contribution in [2.75, 3.05) is 26.2 Å². The number of nitrogens with zero attached hydrogens (tertiary/aromatic N) is 2. The second kappa shape index (κ2) is 10.8. The van der Waals surface area contributed by atoms with Crippen molar-refractivity contribution in [3.8, 4) is 11.5 Å². The summed E-state index contributed by atoms with van der Waals surface area (Å²) < 4.78 is 21.5. The highest BCUT2D eigenvalue weighted by molar-refractivity contribution is 6.01. The lowest BCUT2D eigenvalue weighted by molar-refractivity contribution is 0.0575. The number of amides is 1. The lowest BCUT2D eigenvalue weighted by Crippen LogP contribution is -2.37. The number of carbonyl (C=O) groups excluding carboxylic acids is 2. The van der Waals surface area contributed by atoms with Gasteiger partial charge in [-0.3, -0.25) is 9.88 Å². The molecule has 0 N–H and O–H groups in total. The van der Waals surface area contributed by atoms with Crippen molar-refractivity contribution < 1.29 is 28.5 Å². The van der Waals surface area contributed by atoms with Crippen molar-refractivity contribution in [2.45, 2.75) is 46.3 Å². The van der Waals surface area contributed by atoms with Crippen LogP contribution in [0, 0.1) is 0 Å². The Morgan fingerprint density at radius 2 is 1.79 bits per heavy atom. The quantitative estimate of drug-likeness (QED) is 0.410. The van der Waals surface area contributed by atoms with Crippen molar-refractivity contribution in [3.05, 3.63) is 59.4 Å². The van der Waals surface area contributed by atoms with Crippen LogP contribution in [0.4, 0.5) is 10.5 Å². The van der Waals surface area contributed by atoms with Gasteiger partial charge in [0.1, 0.15) is 22.7 Å². The van der Waals surface area contributed by atoms with Gasteiger partial charge >= 0.3 is 12.1 Å². The second-order valence-corrected chi connectivity index (χ2v) is 8.52. The zero-order valence-electron chi connectivity index (χ0n) is 20.4. The van der Waals surface area contributed by atoms with Crippen molar-refractivity contribution in [1.82, 2.24) is 4.98 Å². The van der Waals surface area contributed by atoms with Gasteiger partial charge in [0, 0.05) is 24.2 Å². The highest BCUT2D eigenvalue weighted by atomic mass is 16.6. The zero-order chi connectivity index (χ0) is 24.8. The molecule has 1 aromatic heterocycles. The standard InChI is InChI=1S/C25H32N2O6/c1-16(2)13-19-22(23(28)32-8)20(11-12-26-19)27(24(29)33-25(3,4)5)15-17-9-10-18(30-6)14-21(17)31-7/h9-12,14H,1,13,15H2,2-8H3. The number of rotatable bonds is 8. The molecule has 0 aliphatic heterocycles. The number of hydrogen-bond donors (Lipinski definition) is 0. The van der Waals surface area contributed by atoms with Gasteiger partial charge in [0.25, 0.3) is 0 Å². The van der Waals surface area contributed by atoms with Crippen LogP contribution in [0.25, 0.3) is 0 Å². The summed E-state index contributed by atoms with van der Waals surface area (Å²) in [5.41, 5.74) is 1.71. The Hall–Kier alpha value is -3.55. The minimum Gasteiger partial charge on any atom is -0.497 e. The largest absolute Gasteiger partial charge is 0.497 e. The zero-order valence-corrected chi connectivity index (χ0v) is 20.4. The highest BCUT2D eigenvalue weighted by Crippen LogP contribution is 2.31. The molecule has 1 aromatic carbocycles. The van der Waals surface area contributed by atoms with Gasteiger partial charge in [0.2, 0.25) is 0 Å². The fourth-order valence-electron chi connectivity index (χ4n) is 3.18. The Morgan fingerprint density at radius 3 is 2.33 bits per heavy atom. The number of pyridine rings is 1. The average molecular weight is 457 g/mol. The van der Waals surface area contributed by atoms with Gasteiger partial charge in [-0.15, -0.1) is 0 Å². The molecule has 2 aromatic rings. The number of allylic oxidation sites excluding steroid dienone is 1. The van der Waals surface area contributed by atoms with E-state index in [-0.39, 0.29) is 12.1 Å². The molecule has 0 spiro atoms. The lowest BCUT2D eigenvalue weighted by atomic mass is 10.0. The molecule has 1 heterocycles. The first-order valence-corrected chi connectivity index (χ1v) is 10.4. The van der Waals surface area contributed by atoms with Gasteiger partial charge in [-0.05, 0) is 45.9 Å². The summed E-state index contributed by atoms with van der Waals surface area (Å²) in [6.45, 7) is 11.1. The fourth-order valence-corrected chi connectivity index (χ4v) is 3.18. The molecular formula is C25H32N2O6. The smallest absolute Gasteiger partial charge is 0.415 e. The highest BCUT2D eigenvalue weighted by Gasteiger charge is 2.30. The van der Waals surface area contributed by atoms with Crippen LogP contribution in [-0.2, 0) is 22.4 Å². The van der Waals surface area contributed by atoms with E-state index >= 15 is 0 Å². The molecule has 8 heteroatoms. The molecule has 1 amide bonds. The Morgan fingerprint density at radius 1 is 1.09 bits per heavy atom. The average Bonchev–Trinajstić information content (AvgIpc) is 2.75. The van der Waals surface area contributed by atoms with E-state index in [0.29, 0.717) is 34.9 Å². The molecule has 8 nitrogen and oxygen atoms in total. The van der Waals surface area contributed by atoms with Gasteiger partial charge in [-0.25, -0.2) is 9.59 Å². The molecule has 0 fully saturated rings. The first-order valence-electron chi connectivity index (χ1n) is 10.4. The summed E-state index contributed by atoms with van der Waals surface area (Å²) >= 11 is 0. The number of anilines is 1. The second-order valence-electron chi connectivity index (χ2n) is 8.52. The fraction of sp³-hybridized carbons (Fsp3) is 0.400. The maximum Gasteiger partial charge on any atom is 0.415 e. The van der Waals surface area contributed by atoms with Gasteiger partial charge < -0.3 is 18.9 Å². The molecule has 0 aliphatic rings. The summed E-state index contributed by atoms with van der Waals surface area (Å²) in [6.07, 6.45) is 1.27.